The number of rotatable bonds is 2. The van der Waals surface area contributed by atoms with Gasteiger partial charge in [-0.15, -0.1) is 0 Å². The van der Waals surface area contributed by atoms with Gasteiger partial charge in [-0.25, -0.2) is 4.39 Å². The number of hydrogen-bond donors (Lipinski definition) is 1. The second-order valence-corrected chi connectivity index (χ2v) is 5.30. The maximum atomic E-state index is 13.8. The highest BCUT2D eigenvalue weighted by Crippen LogP contribution is 2.26. The van der Waals surface area contributed by atoms with Crippen LogP contribution in [0.3, 0.4) is 0 Å². The molecule has 0 saturated carbocycles. The van der Waals surface area contributed by atoms with Crippen molar-refractivity contribution in [2.24, 2.45) is 0 Å². The number of benzene rings is 1. The Morgan fingerprint density at radius 2 is 2.20 bits per heavy atom. The Kier molecular flexibility index (Phi) is 3.78. The van der Waals surface area contributed by atoms with Gasteiger partial charge < -0.3 is 9.84 Å². The van der Waals surface area contributed by atoms with E-state index < -0.39 is 0 Å². The summed E-state index contributed by atoms with van der Waals surface area (Å²) >= 11 is 0. The summed E-state index contributed by atoms with van der Waals surface area (Å²) in [7, 11) is 0. The molecule has 4 nitrogen and oxygen atoms in total. The highest BCUT2D eigenvalue weighted by atomic mass is 19.1. The molecule has 0 bridgehead atoms. The first kappa shape index (κ1) is 13.2. The molecule has 3 rings (SSSR count). The molecule has 5 heteroatoms. The fourth-order valence-corrected chi connectivity index (χ4v) is 2.54. The molecule has 0 spiro atoms. The number of aromatic nitrogens is 2. The van der Waals surface area contributed by atoms with Crippen LogP contribution in [-0.2, 0) is 0 Å². The van der Waals surface area contributed by atoms with E-state index in [0.717, 1.165) is 24.9 Å². The van der Waals surface area contributed by atoms with Crippen LogP contribution in [0, 0.1) is 12.7 Å². The van der Waals surface area contributed by atoms with Crippen LogP contribution in [0.25, 0.3) is 11.5 Å². The molecule has 1 unspecified atom stereocenters. The Labute approximate surface area is 117 Å². The van der Waals surface area contributed by atoms with Crippen LogP contribution >= 0.6 is 0 Å². The second-order valence-electron chi connectivity index (χ2n) is 5.30. The van der Waals surface area contributed by atoms with Gasteiger partial charge in [0.25, 0.3) is 5.89 Å². The van der Waals surface area contributed by atoms with Crippen molar-refractivity contribution >= 4 is 0 Å². The average Bonchev–Trinajstić information content (AvgIpc) is 2.77. The topological polar surface area (TPSA) is 51.0 Å². The lowest BCUT2D eigenvalue weighted by Gasteiger charge is -2.09. The molecular weight excluding hydrogens is 257 g/mol. The predicted molar refractivity (Wildman–Crippen MR) is 73.6 cm³/mol. The van der Waals surface area contributed by atoms with E-state index in [0.29, 0.717) is 11.4 Å². The maximum Gasteiger partial charge on any atom is 0.260 e. The molecule has 2 aromatic rings. The summed E-state index contributed by atoms with van der Waals surface area (Å²) in [5.74, 6) is 0.551. The number of halogens is 1. The Bertz CT molecular complexity index is 589. The van der Waals surface area contributed by atoms with Crippen molar-refractivity contribution < 1.29 is 8.91 Å². The minimum absolute atomic E-state index is 0.114. The minimum atomic E-state index is -0.334. The summed E-state index contributed by atoms with van der Waals surface area (Å²) in [5, 5.41) is 7.42. The quantitative estimate of drug-likeness (QED) is 0.912. The molecule has 20 heavy (non-hydrogen) atoms. The first-order valence-corrected chi connectivity index (χ1v) is 7.07. The van der Waals surface area contributed by atoms with Crippen molar-refractivity contribution in [3.8, 4) is 11.5 Å². The maximum absolute atomic E-state index is 13.8. The van der Waals surface area contributed by atoms with Gasteiger partial charge in [0.1, 0.15) is 5.82 Å². The molecule has 1 aromatic carbocycles. The molecule has 2 heterocycles. The Morgan fingerprint density at radius 3 is 3.10 bits per heavy atom. The van der Waals surface area contributed by atoms with Gasteiger partial charge in [0, 0.05) is 0 Å². The van der Waals surface area contributed by atoms with Crippen molar-refractivity contribution in [3.63, 3.8) is 0 Å². The third-order valence-electron chi connectivity index (χ3n) is 3.67. The van der Waals surface area contributed by atoms with Crippen LogP contribution in [0.1, 0.15) is 43.1 Å². The average molecular weight is 275 g/mol. The molecule has 1 N–H and O–H groups in total. The van der Waals surface area contributed by atoms with E-state index in [4.69, 9.17) is 4.52 Å². The van der Waals surface area contributed by atoms with Gasteiger partial charge >= 0.3 is 0 Å². The molecule has 1 aliphatic rings. The Morgan fingerprint density at radius 1 is 1.30 bits per heavy atom. The summed E-state index contributed by atoms with van der Waals surface area (Å²) in [6, 6.07) is 5.00. The molecule has 1 aromatic heterocycles. The van der Waals surface area contributed by atoms with E-state index in [2.05, 4.69) is 15.5 Å². The zero-order valence-electron chi connectivity index (χ0n) is 11.5. The van der Waals surface area contributed by atoms with E-state index >= 15 is 0 Å². The lowest BCUT2D eigenvalue weighted by atomic mass is 10.1. The lowest BCUT2D eigenvalue weighted by molar-refractivity contribution is 0.401. The highest BCUT2D eigenvalue weighted by Gasteiger charge is 2.21. The number of nitrogens with one attached hydrogen (secondary N) is 1. The fraction of sp³-hybridized carbons (Fsp3) is 0.467. The van der Waals surface area contributed by atoms with Gasteiger partial charge in [-0.1, -0.05) is 29.6 Å². The number of aryl methyl sites for hydroxylation is 1. The monoisotopic (exact) mass is 275 g/mol. The van der Waals surface area contributed by atoms with Crippen LogP contribution in [0.5, 0.6) is 0 Å². The van der Waals surface area contributed by atoms with Crippen molar-refractivity contribution in [1.29, 1.82) is 0 Å². The number of hydrogen-bond acceptors (Lipinski definition) is 4. The van der Waals surface area contributed by atoms with Gasteiger partial charge in [0.2, 0.25) is 0 Å². The summed E-state index contributed by atoms with van der Waals surface area (Å²) < 4.78 is 19.1. The third-order valence-corrected chi connectivity index (χ3v) is 3.67. The number of nitrogens with zero attached hydrogens (tertiary/aromatic N) is 2. The summed E-state index contributed by atoms with van der Waals surface area (Å²) in [4.78, 5) is 4.37. The largest absolute Gasteiger partial charge is 0.334 e. The van der Waals surface area contributed by atoms with Crippen LogP contribution in [0.2, 0.25) is 0 Å². The molecular formula is C15H18FN3O. The molecule has 0 radical (unpaired) electrons. The van der Waals surface area contributed by atoms with E-state index in [1.807, 2.05) is 6.92 Å². The molecule has 1 atom stereocenters. The van der Waals surface area contributed by atoms with E-state index in [9.17, 15) is 4.39 Å². The van der Waals surface area contributed by atoms with Crippen molar-refractivity contribution in [3.05, 3.63) is 35.4 Å². The van der Waals surface area contributed by atoms with E-state index in [1.54, 1.807) is 12.1 Å². The van der Waals surface area contributed by atoms with Crippen LogP contribution in [-0.4, -0.2) is 16.7 Å². The van der Waals surface area contributed by atoms with Gasteiger partial charge in [0.05, 0.1) is 11.6 Å². The van der Waals surface area contributed by atoms with Crippen LogP contribution < -0.4 is 5.32 Å². The highest BCUT2D eigenvalue weighted by molar-refractivity contribution is 5.55. The SMILES string of the molecule is Cc1ccc(F)c(-c2nc(C3CCCCCN3)no2)c1. The smallest absolute Gasteiger partial charge is 0.260 e. The third kappa shape index (κ3) is 2.72. The lowest BCUT2D eigenvalue weighted by Crippen LogP contribution is -2.21. The van der Waals surface area contributed by atoms with Crippen molar-refractivity contribution in [2.75, 3.05) is 6.54 Å². The second kappa shape index (κ2) is 5.71. The normalized spacial score (nSPS) is 19.8. The summed E-state index contributed by atoms with van der Waals surface area (Å²) in [6.07, 6.45) is 4.55. The van der Waals surface area contributed by atoms with E-state index in [1.165, 1.54) is 18.9 Å². The standard InChI is InChI=1S/C15H18FN3O/c1-10-6-7-12(16)11(9-10)15-18-14(19-20-15)13-5-3-2-4-8-17-13/h6-7,9,13,17H,2-5,8H2,1H3. The first-order valence-electron chi connectivity index (χ1n) is 7.07. The molecule has 0 amide bonds. The molecule has 106 valence electrons. The Balaban J connectivity index is 1.87. The summed E-state index contributed by atoms with van der Waals surface area (Å²) in [5.41, 5.74) is 1.34. The van der Waals surface area contributed by atoms with Crippen LogP contribution in [0.4, 0.5) is 4.39 Å². The summed E-state index contributed by atoms with van der Waals surface area (Å²) in [6.45, 7) is 2.88. The molecule has 1 saturated heterocycles. The van der Waals surface area contributed by atoms with Gasteiger partial charge in [-0.05, 0) is 38.4 Å². The first-order chi connectivity index (χ1) is 9.74. The van der Waals surface area contributed by atoms with Gasteiger partial charge in [-0.3, -0.25) is 0 Å². The van der Waals surface area contributed by atoms with Crippen LogP contribution in [0.15, 0.2) is 22.7 Å². The Hall–Kier alpha value is -1.75. The molecule has 0 aliphatic carbocycles. The zero-order valence-corrected chi connectivity index (χ0v) is 11.5. The van der Waals surface area contributed by atoms with Crippen molar-refractivity contribution in [1.82, 2.24) is 15.5 Å². The molecule has 1 aliphatic heterocycles. The minimum Gasteiger partial charge on any atom is -0.334 e. The van der Waals surface area contributed by atoms with Gasteiger partial charge in [0.15, 0.2) is 5.82 Å². The van der Waals surface area contributed by atoms with E-state index in [-0.39, 0.29) is 17.7 Å². The predicted octanol–water partition coefficient (Wildman–Crippen LogP) is 3.39. The fourth-order valence-electron chi connectivity index (χ4n) is 2.54. The zero-order chi connectivity index (χ0) is 13.9. The van der Waals surface area contributed by atoms with Crippen molar-refractivity contribution in [2.45, 2.75) is 38.6 Å². The van der Waals surface area contributed by atoms with Gasteiger partial charge in [-0.2, -0.15) is 4.98 Å². The molecule has 1 fully saturated rings.